The molecule has 1 heterocycles. The van der Waals surface area contributed by atoms with Crippen LogP contribution in [-0.4, -0.2) is 62.6 Å². The standard InChI is InChI=1S/C16H22N2O6S/c1-3-17-25(22,23)13-5-4-11(2)14(9-13)16(21)18-6-7-24-12(10-18)8-15(19)20/h4-5,9,12,17H,3,6-8,10H2,1-2H3,(H,19,20). The molecule has 1 atom stereocenters. The van der Waals surface area contributed by atoms with E-state index in [0.717, 1.165) is 0 Å². The van der Waals surface area contributed by atoms with E-state index >= 15 is 0 Å². The van der Waals surface area contributed by atoms with E-state index in [1.165, 1.54) is 17.0 Å². The number of ether oxygens (including phenoxy) is 1. The molecule has 0 spiro atoms. The molecule has 1 aromatic carbocycles. The lowest BCUT2D eigenvalue weighted by Gasteiger charge is -2.32. The van der Waals surface area contributed by atoms with Gasteiger partial charge in [0, 0.05) is 25.2 Å². The van der Waals surface area contributed by atoms with Crippen molar-refractivity contribution in [3.05, 3.63) is 29.3 Å². The van der Waals surface area contributed by atoms with Gasteiger partial charge in [-0.3, -0.25) is 9.59 Å². The van der Waals surface area contributed by atoms with Crippen LogP contribution in [0.5, 0.6) is 0 Å². The number of aryl methyl sites for hydroxylation is 1. The Labute approximate surface area is 146 Å². The van der Waals surface area contributed by atoms with Gasteiger partial charge in [0.1, 0.15) is 0 Å². The molecule has 1 amide bonds. The molecule has 1 aromatic rings. The van der Waals surface area contributed by atoms with Crippen molar-refractivity contribution < 1.29 is 27.9 Å². The zero-order valence-electron chi connectivity index (χ0n) is 14.2. The minimum Gasteiger partial charge on any atom is -0.481 e. The van der Waals surface area contributed by atoms with Crippen molar-refractivity contribution in [3.8, 4) is 0 Å². The van der Waals surface area contributed by atoms with Crippen molar-refractivity contribution in [2.75, 3.05) is 26.2 Å². The van der Waals surface area contributed by atoms with Gasteiger partial charge in [0.15, 0.2) is 0 Å². The molecular formula is C16H22N2O6S. The van der Waals surface area contributed by atoms with Gasteiger partial charge in [-0.1, -0.05) is 13.0 Å². The van der Waals surface area contributed by atoms with E-state index in [0.29, 0.717) is 12.1 Å². The van der Waals surface area contributed by atoms with Gasteiger partial charge in [-0.05, 0) is 24.6 Å². The highest BCUT2D eigenvalue weighted by atomic mass is 32.2. The summed E-state index contributed by atoms with van der Waals surface area (Å²) in [7, 11) is -3.66. The Balaban J connectivity index is 2.25. The number of nitrogens with zero attached hydrogens (tertiary/aromatic N) is 1. The quantitative estimate of drug-likeness (QED) is 0.759. The SMILES string of the molecule is CCNS(=O)(=O)c1ccc(C)c(C(=O)N2CCOC(CC(=O)O)C2)c1. The van der Waals surface area contributed by atoms with Crippen LogP contribution >= 0.6 is 0 Å². The van der Waals surface area contributed by atoms with E-state index in [1.54, 1.807) is 19.9 Å². The Morgan fingerprint density at radius 2 is 2.12 bits per heavy atom. The fraction of sp³-hybridized carbons (Fsp3) is 0.500. The van der Waals surface area contributed by atoms with Crippen LogP contribution in [0.3, 0.4) is 0 Å². The third-order valence-corrected chi connectivity index (χ3v) is 5.46. The molecule has 0 aliphatic carbocycles. The second kappa shape index (κ2) is 7.94. The molecule has 0 bridgehead atoms. The third kappa shape index (κ3) is 4.77. The molecule has 1 saturated heterocycles. The second-order valence-electron chi connectivity index (χ2n) is 5.82. The first-order valence-electron chi connectivity index (χ1n) is 7.97. The lowest BCUT2D eigenvalue weighted by atomic mass is 10.1. The second-order valence-corrected chi connectivity index (χ2v) is 7.59. The number of hydrogen-bond donors (Lipinski definition) is 2. The molecule has 0 aromatic heterocycles. The van der Waals surface area contributed by atoms with Gasteiger partial charge >= 0.3 is 5.97 Å². The van der Waals surface area contributed by atoms with E-state index in [4.69, 9.17) is 9.84 Å². The number of benzene rings is 1. The minimum absolute atomic E-state index is 0.0265. The molecule has 8 nitrogen and oxygen atoms in total. The largest absolute Gasteiger partial charge is 0.481 e. The molecule has 1 unspecified atom stereocenters. The van der Waals surface area contributed by atoms with Crippen molar-refractivity contribution in [1.29, 1.82) is 0 Å². The number of sulfonamides is 1. The summed E-state index contributed by atoms with van der Waals surface area (Å²) in [5.74, 6) is -1.32. The summed E-state index contributed by atoms with van der Waals surface area (Å²) in [5, 5.41) is 8.87. The molecule has 1 fully saturated rings. The van der Waals surface area contributed by atoms with E-state index in [2.05, 4.69) is 4.72 Å². The van der Waals surface area contributed by atoms with Crippen molar-refractivity contribution in [2.45, 2.75) is 31.3 Å². The number of carboxylic acids is 1. The maximum absolute atomic E-state index is 12.8. The first-order chi connectivity index (χ1) is 11.7. The number of nitrogens with one attached hydrogen (secondary N) is 1. The predicted molar refractivity (Wildman–Crippen MR) is 89.9 cm³/mol. The van der Waals surface area contributed by atoms with Crippen LogP contribution in [0.2, 0.25) is 0 Å². The van der Waals surface area contributed by atoms with Gasteiger partial charge < -0.3 is 14.7 Å². The Bertz CT molecular complexity index is 762. The number of amides is 1. The highest BCUT2D eigenvalue weighted by molar-refractivity contribution is 7.89. The lowest BCUT2D eigenvalue weighted by Crippen LogP contribution is -2.46. The molecule has 0 saturated carbocycles. The molecule has 0 radical (unpaired) electrons. The molecule has 1 aliphatic heterocycles. The van der Waals surface area contributed by atoms with Crippen LogP contribution in [0.15, 0.2) is 23.1 Å². The number of morpholine rings is 1. The number of carbonyl (C=O) groups is 2. The average molecular weight is 370 g/mol. The molecule has 2 N–H and O–H groups in total. The van der Waals surface area contributed by atoms with Gasteiger partial charge in [-0.25, -0.2) is 13.1 Å². The molecule has 25 heavy (non-hydrogen) atoms. The van der Waals surface area contributed by atoms with Crippen LogP contribution < -0.4 is 4.72 Å². The van der Waals surface area contributed by atoms with E-state index in [-0.39, 0.29) is 42.5 Å². The number of rotatable bonds is 6. The average Bonchev–Trinajstić information content (AvgIpc) is 2.54. The van der Waals surface area contributed by atoms with Crippen LogP contribution in [0.25, 0.3) is 0 Å². The van der Waals surface area contributed by atoms with Gasteiger partial charge in [0.05, 0.1) is 24.0 Å². The van der Waals surface area contributed by atoms with Gasteiger partial charge in [0.25, 0.3) is 5.91 Å². The summed E-state index contributed by atoms with van der Waals surface area (Å²) in [5.41, 5.74) is 0.941. The van der Waals surface area contributed by atoms with E-state index in [9.17, 15) is 18.0 Å². The molecule has 1 aliphatic rings. The first-order valence-corrected chi connectivity index (χ1v) is 9.46. The molecular weight excluding hydrogens is 348 g/mol. The van der Waals surface area contributed by atoms with Crippen LogP contribution in [0, 0.1) is 6.92 Å². The van der Waals surface area contributed by atoms with Crippen LogP contribution in [0.4, 0.5) is 0 Å². The Hall–Kier alpha value is -1.97. The molecule has 2 rings (SSSR count). The third-order valence-electron chi connectivity index (χ3n) is 3.91. The fourth-order valence-corrected chi connectivity index (χ4v) is 3.73. The van der Waals surface area contributed by atoms with Crippen molar-refractivity contribution in [2.24, 2.45) is 0 Å². The fourth-order valence-electron chi connectivity index (χ4n) is 2.66. The minimum atomic E-state index is -3.66. The zero-order chi connectivity index (χ0) is 18.6. The zero-order valence-corrected chi connectivity index (χ0v) is 15.0. The normalized spacial score (nSPS) is 18.2. The maximum Gasteiger partial charge on any atom is 0.306 e. The summed E-state index contributed by atoms with van der Waals surface area (Å²) in [6, 6.07) is 4.40. The smallest absolute Gasteiger partial charge is 0.306 e. The molecule has 9 heteroatoms. The monoisotopic (exact) mass is 370 g/mol. The van der Waals surface area contributed by atoms with Crippen molar-refractivity contribution >= 4 is 21.9 Å². The Morgan fingerprint density at radius 1 is 1.40 bits per heavy atom. The first kappa shape index (κ1) is 19.4. The lowest BCUT2D eigenvalue weighted by molar-refractivity contribution is -0.141. The highest BCUT2D eigenvalue weighted by Gasteiger charge is 2.28. The summed E-state index contributed by atoms with van der Waals surface area (Å²) >= 11 is 0. The Kier molecular flexibility index (Phi) is 6.15. The number of carbonyl (C=O) groups excluding carboxylic acids is 1. The van der Waals surface area contributed by atoms with Crippen LogP contribution in [-0.2, 0) is 19.6 Å². The summed E-state index contributed by atoms with van der Waals surface area (Å²) in [4.78, 5) is 25.2. The molecule has 138 valence electrons. The van der Waals surface area contributed by atoms with E-state index in [1.807, 2.05) is 0 Å². The number of carboxylic acid groups (broad SMARTS) is 1. The predicted octanol–water partition coefficient (Wildman–Crippen LogP) is 0.609. The number of hydrogen-bond acceptors (Lipinski definition) is 5. The van der Waals surface area contributed by atoms with E-state index < -0.39 is 22.1 Å². The van der Waals surface area contributed by atoms with Gasteiger partial charge in [0.2, 0.25) is 10.0 Å². The topological polar surface area (TPSA) is 113 Å². The summed E-state index contributed by atoms with van der Waals surface area (Å²) in [6.45, 7) is 4.39. The van der Waals surface area contributed by atoms with Gasteiger partial charge in [-0.15, -0.1) is 0 Å². The summed E-state index contributed by atoms with van der Waals surface area (Å²) in [6.07, 6.45) is -0.749. The maximum atomic E-state index is 12.8. The van der Waals surface area contributed by atoms with Gasteiger partial charge in [-0.2, -0.15) is 0 Å². The Morgan fingerprint density at radius 3 is 2.76 bits per heavy atom. The summed E-state index contributed by atoms with van der Waals surface area (Å²) < 4.78 is 32.1. The van der Waals surface area contributed by atoms with Crippen LogP contribution in [0.1, 0.15) is 29.3 Å². The van der Waals surface area contributed by atoms with Crippen molar-refractivity contribution in [3.63, 3.8) is 0 Å². The number of aliphatic carboxylic acids is 1. The highest BCUT2D eigenvalue weighted by Crippen LogP contribution is 2.19. The van der Waals surface area contributed by atoms with Crippen molar-refractivity contribution in [1.82, 2.24) is 9.62 Å².